The van der Waals surface area contributed by atoms with Gasteiger partial charge in [-0.05, 0) is 33.4 Å². The van der Waals surface area contributed by atoms with Crippen LogP contribution in [0, 0.1) is 0 Å². The molecule has 0 aromatic carbocycles. The molecule has 0 aromatic heterocycles. The zero-order valence-corrected chi connectivity index (χ0v) is 8.03. The molecule has 2 N–H and O–H groups in total. The minimum atomic E-state index is 0.182. The summed E-state index contributed by atoms with van der Waals surface area (Å²) in [5.41, 5.74) is 5.78. The molecule has 1 saturated carbocycles. The maximum atomic E-state index is 5.78. The van der Waals surface area contributed by atoms with E-state index in [-0.39, 0.29) is 6.04 Å². The van der Waals surface area contributed by atoms with Crippen LogP contribution in [0.2, 0.25) is 0 Å². The quantitative estimate of drug-likeness (QED) is 0.593. The lowest BCUT2D eigenvalue weighted by Crippen LogP contribution is -2.42. The van der Waals surface area contributed by atoms with Crippen molar-refractivity contribution in [2.75, 3.05) is 14.1 Å². The Bertz CT molecular complexity index is 156. The summed E-state index contributed by atoms with van der Waals surface area (Å²) in [7, 11) is 4.20. The Hall–Kier alpha value is 0.01000. The smallest absolute Gasteiger partial charge is 0.0359 e. The SMILES string of the molecule is CN(C)C1CCC(N)C(=S)C1. The average molecular weight is 172 g/mol. The lowest BCUT2D eigenvalue weighted by atomic mass is 9.91. The van der Waals surface area contributed by atoms with Crippen molar-refractivity contribution in [3.8, 4) is 0 Å². The van der Waals surface area contributed by atoms with Crippen LogP contribution in [0.4, 0.5) is 0 Å². The van der Waals surface area contributed by atoms with Crippen molar-refractivity contribution in [3.05, 3.63) is 0 Å². The fourth-order valence-corrected chi connectivity index (χ4v) is 1.77. The summed E-state index contributed by atoms with van der Waals surface area (Å²) in [6.07, 6.45) is 3.25. The highest BCUT2D eigenvalue weighted by Crippen LogP contribution is 2.18. The molecule has 2 nitrogen and oxygen atoms in total. The number of hydrogen-bond donors (Lipinski definition) is 1. The largest absolute Gasteiger partial charge is 0.324 e. The van der Waals surface area contributed by atoms with Gasteiger partial charge in [-0.2, -0.15) is 0 Å². The zero-order valence-electron chi connectivity index (χ0n) is 7.21. The molecule has 0 spiro atoms. The molecule has 0 radical (unpaired) electrons. The zero-order chi connectivity index (χ0) is 8.43. The van der Waals surface area contributed by atoms with Gasteiger partial charge in [0.1, 0.15) is 0 Å². The topological polar surface area (TPSA) is 29.3 Å². The average Bonchev–Trinajstić information content (AvgIpc) is 1.94. The van der Waals surface area contributed by atoms with Gasteiger partial charge in [0.25, 0.3) is 0 Å². The first-order valence-corrected chi connectivity index (χ1v) is 4.47. The molecule has 1 rings (SSSR count). The van der Waals surface area contributed by atoms with Gasteiger partial charge in [-0.15, -0.1) is 0 Å². The van der Waals surface area contributed by atoms with Crippen molar-refractivity contribution < 1.29 is 0 Å². The van der Waals surface area contributed by atoms with Gasteiger partial charge in [0.2, 0.25) is 0 Å². The van der Waals surface area contributed by atoms with E-state index in [9.17, 15) is 0 Å². The highest BCUT2D eigenvalue weighted by Gasteiger charge is 2.23. The third kappa shape index (κ3) is 2.22. The Morgan fingerprint density at radius 1 is 1.45 bits per heavy atom. The Morgan fingerprint density at radius 3 is 2.55 bits per heavy atom. The van der Waals surface area contributed by atoms with Crippen LogP contribution in [-0.4, -0.2) is 35.9 Å². The van der Waals surface area contributed by atoms with Crippen LogP contribution < -0.4 is 5.73 Å². The maximum Gasteiger partial charge on any atom is 0.0359 e. The van der Waals surface area contributed by atoms with Gasteiger partial charge >= 0.3 is 0 Å². The summed E-state index contributed by atoms with van der Waals surface area (Å²) >= 11 is 5.17. The van der Waals surface area contributed by atoms with E-state index in [2.05, 4.69) is 19.0 Å². The molecule has 2 unspecified atom stereocenters. The predicted octanol–water partition coefficient (Wildman–Crippen LogP) is 0.798. The molecule has 1 aliphatic carbocycles. The summed E-state index contributed by atoms with van der Waals surface area (Å²) in [5.74, 6) is 0. The molecule has 0 bridgehead atoms. The van der Waals surface area contributed by atoms with Crippen LogP contribution in [0.15, 0.2) is 0 Å². The molecule has 0 aromatic rings. The summed E-state index contributed by atoms with van der Waals surface area (Å²) in [4.78, 5) is 3.29. The van der Waals surface area contributed by atoms with Crippen LogP contribution >= 0.6 is 12.2 Å². The van der Waals surface area contributed by atoms with Crippen LogP contribution in [0.5, 0.6) is 0 Å². The molecule has 3 heteroatoms. The first kappa shape index (κ1) is 9.10. The van der Waals surface area contributed by atoms with Crippen LogP contribution in [0.3, 0.4) is 0 Å². The van der Waals surface area contributed by atoms with Crippen molar-refractivity contribution in [3.63, 3.8) is 0 Å². The van der Waals surface area contributed by atoms with E-state index in [0.29, 0.717) is 6.04 Å². The fourth-order valence-electron chi connectivity index (χ4n) is 1.46. The fraction of sp³-hybridized carbons (Fsp3) is 0.875. The second-order valence-electron chi connectivity index (χ2n) is 3.47. The van der Waals surface area contributed by atoms with Crippen LogP contribution in [0.25, 0.3) is 0 Å². The monoisotopic (exact) mass is 172 g/mol. The first-order valence-electron chi connectivity index (χ1n) is 4.06. The molecule has 1 fully saturated rings. The molecule has 0 saturated heterocycles. The molecular weight excluding hydrogens is 156 g/mol. The third-order valence-corrected chi connectivity index (χ3v) is 2.86. The number of hydrogen-bond acceptors (Lipinski definition) is 3. The van der Waals surface area contributed by atoms with Gasteiger partial charge in [0, 0.05) is 16.9 Å². The van der Waals surface area contributed by atoms with E-state index in [4.69, 9.17) is 18.0 Å². The normalized spacial score (nSPS) is 32.9. The van der Waals surface area contributed by atoms with Crippen LogP contribution in [-0.2, 0) is 0 Å². The van der Waals surface area contributed by atoms with Crippen molar-refractivity contribution in [1.82, 2.24) is 4.90 Å². The predicted molar refractivity (Wildman–Crippen MR) is 51.9 cm³/mol. The van der Waals surface area contributed by atoms with E-state index in [1.165, 1.54) is 6.42 Å². The number of thiocarbonyl (C=S) groups is 1. The van der Waals surface area contributed by atoms with E-state index in [1.807, 2.05) is 0 Å². The highest BCUT2D eigenvalue weighted by atomic mass is 32.1. The van der Waals surface area contributed by atoms with Gasteiger partial charge in [-0.25, -0.2) is 0 Å². The van der Waals surface area contributed by atoms with Crippen molar-refractivity contribution in [1.29, 1.82) is 0 Å². The number of rotatable bonds is 1. The lowest BCUT2D eigenvalue weighted by molar-refractivity contribution is 0.268. The number of nitrogens with zero attached hydrogens (tertiary/aromatic N) is 1. The Morgan fingerprint density at radius 2 is 2.09 bits per heavy atom. The second kappa shape index (κ2) is 3.61. The Balaban J connectivity index is 2.46. The molecule has 0 heterocycles. The van der Waals surface area contributed by atoms with Crippen molar-refractivity contribution >= 4 is 17.1 Å². The standard InChI is InChI=1S/C8H16N2S/c1-10(2)6-3-4-7(9)8(11)5-6/h6-7H,3-5,9H2,1-2H3. The van der Waals surface area contributed by atoms with Crippen molar-refractivity contribution in [2.24, 2.45) is 5.73 Å². The summed E-state index contributed by atoms with van der Waals surface area (Å²) in [5, 5.41) is 0. The molecule has 0 aliphatic heterocycles. The Kier molecular flexibility index (Phi) is 2.98. The molecule has 2 atom stereocenters. The summed E-state index contributed by atoms with van der Waals surface area (Å²) in [6.45, 7) is 0. The molecule has 11 heavy (non-hydrogen) atoms. The second-order valence-corrected chi connectivity index (χ2v) is 4.00. The van der Waals surface area contributed by atoms with Gasteiger partial charge in [0.05, 0.1) is 0 Å². The summed E-state index contributed by atoms with van der Waals surface area (Å²) in [6, 6.07) is 0.809. The van der Waals surface area contributed by atoms with E-state index >= 15 is 0 Å². The van der Waals surface area contributed by atoms with Gasteiger partial charge in [-0.3, -0.25) is 0 Å². The van der Waals surface area contributed by atoms with Gasteiger partial charge < -0.3 is 10.6 Å². The highest BCUT2D eigenvalue weighted by molar-refractivity contribution is 7.80. The molecule has 0 amide bonds. The first-order chi connectivity index (χ1) is 5.11. The maximum absolute atomic E-state index is 5.78. The molecule has 64 valence electrons. The minimum absolute atomic E-state index is 0.182. The van der Waals surface area contributed by atoms with Crippen molar-refractivity contribution in [2.45, 2.75) is 31.3 Å². The lowest BCUT2D eigenvalue weighted by Gasteiger charge is -2.31. The van der Waals surface area contributed by atoms with E-state index < -0.39 is 0 Å². The molecular formula is C8H16N2S. The van der Waals surface area contributed by atoms with Crippen LogP contribution in [0.1, 0.15) is 19.3 Å². The third-order valence-electron chi connectivity index (χ3n) is 2.39. The number of nitrogens with two attached hydrogens (primary N) is 1. The van der Waals surface area contributed by atoms with Gasteiger partial charge in [0.15, 0.2) is 0 Å². The summed E-state index contributed by atoms with van der Waals surface area (Å²) < 4.78 is 0. The minimum Gasteiger partial charge on any atom is -0.324 e. The van der Waals surface area contributed by atoms with E-state index in [1.54, 1.807) is 0 Å². The van der Waals surface area contributed by atoms with E-state index in [0.717, 1.165) is 17.7 Å². The van der Waals surface area contributed by atoms with Gasteiger partial charge in [-0.1, -0.05) is 12.2 Å². The Labute approximate surface area is 73.7 Å². The molecule has 1 aliphatic rings.